The van der Waals surface area contributed by atoms with E-state index in [1.807, 2.05) is 0 Å². The first kappa shape index (κ1) is 18.8. The number of anilines is 1. The van der Waals surface area contributed by atoms with Crippen molar-refractivity contribution in [2.75, 3.05) is 12.8 Å². The molecule has 3 nitrogen and oxygen atoms in total. The van der Waals surface area contributed by atoms with E-state index in [2.05, 4.69) is 5.32 Å². The van der Waals surface area contributed by atoms with Crippen LogP contribution < -0.4 is 11.1 Å². The second-order valence-electron chi connectivity index (χ2n) is 4.96. The van der Waals surface area contributed by atoms with Crippen molar-refractivity contribution in [3.8, 4) is 5.75 Å². The number of aryl methyl sites for hydroxylation is 1. The van der Waals surface area contributed by atoms with Gasteiger partial charge in [-0.05, 0) is 38.6 Å². The molecule has 0 bridgehead atoms. The van der Waals surface area contributed by atoms with Crippen LogP contribution in [0.15, 0.2) is 18.2 Å². The van der Waals surface area contributed by atoms with Crippen LogP contribution in [0.1, 0.15) is 16.7 Å². The van der Waals surface area contributed by atoms with Crippen molar-refractivity contribution in [3.63, 3.8) is 0 Å². The molecule has 0 aliphatic heterocycles. The third kappa shape index (κ3) is 4.59. The molecule has 0 aliphatic carbocycles. The van der Waals surface area contributed by atoms with Crippen LogP contribution in [0.25, 0.3) is 0 Å². The second-order valence-corrected chi connectivity index (χ2v) is 4.96. The summed E-state index contributed by atoms with van der Waals surface area (Å²) in [5.74, 6) is -3.34. The predicted molar refractivity (Wildman–Crippen MR) is 81.0 cm³/mol. The zero-order valence-electron chi connectivity index (χ0n) is 13.0. The highest BCUT2D eigenvalue weighted by Gasteiger charge is 2.12. The lowest BCUT2D eigenvalue weighted by atomic mass is 10.1. The monoisotopic (exact) mass is 330 g/mol. The summed E-state index contributed by atoms with van der Waals surface area (Å²) in [6, 6.07) is 3.27. The number of phenols is 1. The quantitative estimate of drug-likeness (QED) is 0.448. The van der Waals surface area contributed by atoms with Gasteiger partial charge in [0.1, 0.15) is 11.6 Å². The fraction of sp³-hybridized carbons (Fsp3) is 0.250. The van der Waals surface area contributed by atoms with Crippen LogP contribution in [0.2, 0.25) is 0 Å². The summed E-state index contributed by atoms with van der Waals surface area (Å²) < 4.78 is 50.3. The van der Waals surface area contributed by atoms with Gasteiger partial charge in [0.15, 0.2) is 17.5 Å². The van der Waals surface area contributed by atoms with Crippen molar-refractivity contribution in [2.24, 2.45) is 0 Å². The molecule has 0 aromatic heterocycles. The minimum Gasteiger partial charge on any atom is -0.507 e. The Hall–Kier alpha value is -2.28. The summed E-state index contributed by atoms with van der Waals surface area (Å²) in [7, 11) is 1.75. The molecule has 0 aliphatic rings. The predicted octanol–water partition coefficient (Wildman–Crippen LogP) is 3.55. The molecular formula is C16H18F4N2O. The number of phenolic OH excluding ortho intramolecular Hbond substituents is 1. The number of benzene rings is 2. The Bertz CT molecular complexity index is 679. The van der Waals surface area contributed by atoms with Gasteiger partial charge in [-0.1, -0.05) is 0 Å². The topological polar surface area (TPSA) is 58.3 Å². The number of hydrogen-bond acceptors (Lipinski definition) is 3. The zero-order valence-corrected chi connectivity index (χ0v) is 13.0. The van der Waals surface area contributed by atoms with Gasteiger partial charge in [0, 0.05) is 23.7 Å². The van der Waals surface area contributed by atoms with E-state index >= 15 is 0 Å². The van der Waals surface area contributed by atoms with Gasteiger partial charge in [0.25, 0.3) is 0 Å². The molecule has 0 fully saturated rings. The van der Waals surface area contributed by atoms with Gasteiger partial charge in [-0.25, -0.2) is 17.6 Å². The van der Waals surface area contributed by atoms with Crippen LogP contribution >= 0.6 is 0 Å². The molecule has 2 rings (SSSR count). The summed E-state index contributed by atoms with van der Waals surface area (Å²) in [6.07, 6.45) is 0. The van der Waals surface area contributed by atoms with Crippen molar-refractivity contribution in [2.45, 2.75) is 20.4 Å². The van der Waals surface area contributed by atoms with Crippen molar-refractivity contribution >= 4 is 5.69 Å². The number of aromatic hydroxyl groups is 1. The summed E-state index contributed by atoms with van der Waals surface area (Å²) in [6.45, 7) is 3.28. The Kier molecular flexibility index (Phi) is 6.38. The van der Waals surface area contributed by atoms with Gasteiger partial charge >= 0.3 is 0 Å². The number of hydrogen-bond donors (Lipinski definition) is 3. The molecular weight excluding hydrogens is 312 g/mol. The summed E-state index contributed by atoms with van der Waals surface area (Å²) in [4.78, 5) is 0. The van der Waals surface area contributed by atoms with Gasteiger partial charge in [0.05, 0.1) is 5.69 Å². The Morgan fingerprint density at radius 1 is 1.04 bits per heavy atom. The number of halogens is 4. The lowest BCUT2D eigenvalue weighted by Crippen LogP contribution is -2.06. The molecule has 0 heterocycles. The van der Waals surface area contributed by atoms with Crippen LogP contribution in [0, 0.1) is 37.1 Å². The molecule has 7 heteroatoms. The molecule has 126 valence electrons. The molecule has 2 aromatic carbocycles. The van der Waals surface area contributed by atoms with Crippen LogP contribution in [-0.2, 0) is 6.54 Å². The third-order valence-corrected chi connectivity index (χ3v) is 3.12. The van der Waals surface area contributed by atoms with Gasteiger partial charge in [-0.15, -0.1) is 0 Å². The van der Waals surface area contributed by atoms with Gasteiger partial charge in [-0.2, -0.15) is 0 Å². The summed E-state index contributed by atoms with van der Waals surface area (Å²) in [5, 5.41) is 12.3. The molecule has 0 atom stereocenters. The third-order valence-electron chi connectivity index (χ3n) is 3.12. The maximum Gasteiger partial charge on any atom is 0.164 e. The lowest BCUT2D eigenvalue weighted by molar-refractivity contribution is 0.459. The van der Waals surface area contributed by atoms with E-state index < -0.39 is 17.5 Å². The molecule has 2 aromatic rings. The largest absolute Gasteiger partial charge is 0.507 e. The maximum absolute atomic E-state index is 12.8. The Labute approximate surface area is 131 Å². The second kappa shape index (κ2) is 7.82. The van der Waals surface area contributed by atoms with E-state index in [-0.39, 0.29) is 22.8 Å². The lowest BCUT2D eigenvalue weighted by Gasteiger charge is -2.06. The molecule has 0 unspecified atom stereocenters. The minimum atomic E-state index is -1.18. The van der Waals surface area contributed by atoms with Crippen molar-refractivity contribution < 1.29 is 22.7 Å². The maximum atomic E-state index is 12.8. The van der Waals surface area contributed by atoms with Gasteiger partial charge < -0.3 is 16.2 Å². The van der Waals surface area contributed by atoms with Crippen LogP contribution in [0.4, 0.5) is 23.2 Å². The summed E-state index contributed by atoms with van der Waals surface area (Å²) >= 11 is 0. The van der Waals surface area contributed by atoms with Crippen molar-refractivity contribution in [1.82, 2.24) is 5.32 Å². The Morgan fingerprint density at radius 3 is 2.22 bits per heavy atom. The number of nitrogen functional groups attached to an aromatic ring is 1. The van der Waals surface area contributed by atoms with Crippen LogP contribution in [-0.4, -0.2) is 12.2 Å². The average Bonchev–Trinajstić information content (AvgIpc) is 2.49. The first-order valence-corrected chi connectivity index (χ1v) is 6.71. The summed E-state index contributed by atoms with van der Waals surface area (Å²) in [5.41, 5.74) is 5.41. The van der Waals surface area contributed by atoms with Crippen molar-refractivity contribution in [3.05, 3.63) is 58.2 Å². The van der Waals surface area contributed by atoms with Crippen LogP contribution in [0.3, 0.4) is 0 Å². The molecule has 0 radical (unpaired) electrons. The van der Waals surface area contributed by atoms with E-state index in [0.717, 1.165) is 6.92 Å². The fourth-order valence-electron chi connectivity index (χ4n) is 1.89. The van der Waals surface area contributed by atoms with Gasteiger partial charge in [0.2, 0.25) is 0 Å². The smallest absolute Gasteiger partial charge is 0.164 e. The van der Waals surface area contributed by atoms with E-state index in [0.29, 0.717) is 23.7 Å². The van der Waals surface area contributed by atoms with Crippen LogP contribution in [0.5, 0.6) is 5.75 Å². The molecule has 4 N–H and O–H groups in total. The minimum absolute atomic E-state index is 0.172. The Morgan fingerprint density at radius 2 is 1.65 bits per heavy atom. The first-order chi connectivity index (χ1) is 10.7. The molecule has 0 spiro atoms. The standard InChI is InChI=1S/C9H12FNO.C7H6F3N/c1-6-3-8(10)4-7(5-11-2)9(6)12;1-3-6(9)4(8)2-5(11)7(3)10/h3-4,11-12H,5H2,1-2H3;2H,11H2,1H3. The Balaban J connectivity index is 0.000000231. The normalized spacial score (nSPS) is 10.2. The first-order valence-electron chi connectivity index (χ1n) is 6.71. The molecule has 0 saturated carbocycles. The molecule has 0 amide bonds. The zero-order chi connectivity index (χ0) is 17.7. The molecule has 23 heavy (non-hydrogen) atoms. The highest BCUT2D eigenvalue weighted by Crippen LogP contribution is 2.23. The fourth-order valence-corrected chi connectivity index (χ4v) is 1.89. The highest BCUT2D eigenvalue weighted by molar-refractivity contribution is 5.43. The van der Waals surface area contributed by atoms with Gasteiger partial charge in [-0.3, -0.25) is 0 Å². The van der Waals surface area contributed by atoms with E-state index in [9.17, 15) is 22.7 Å². The number of nitrogens with two attached hydrogens (primary N) is 1. The van der Waals surface area contributed by atoms with E-state index in [4.69, 9.17) is 5.73 Å². The van der Waals surface area contributed by atoms with E-state index in [1.54, 1.807) is 14.0 Å². The molecule has 0 saturated heterocycles. The van der Waals surface area contributed by atoms with Crippen molar-refractivity contribution in [1.29, 1.82) is 0 Å². The number of rotatable bonds is 2. The average molecular weight is 330 g/mol. The highest BCUT2D eigenvalue weighted by atomic mass is 19.2. The SMILES string of the molecule is CNCc1cc(F)cc(C)c1O.Cc1c(F)c(N)cc(F)c1F. The van der Waals surface area contributed by atoms with E-state index in [1.165, 1.54) is 12.1 Å². The number of nitrogens with one attached hydrogen (secondary N) is 1.